The van der Waals surface area contributed by atoms with Crippen molar-refractivity contribution in [1.29, 1.82) is 0 Å². The number of aryl methyl sites for hydroxylation is 4. The van der Waals surface area contributed by atoms with Gasteiger partial charge in [0, 0.05) is 0 Å². The van der Waals surface area contributed by atoms with Gasteiger partial charge in [-0.3, -0.25) is 0 Å². The summed E-state index contributed by atoms with van der Waals surface area (Å²) < 4.78 is 0. The fraction of sp³-hybridized carbons (Fsp3) is 0.0800. The Morgan fingerprint density at radius 3 is 1.24 bits per heavy atom. The average Bonchev–Trinajstić information content (AvgIpc) is 3.15. The molecule has 9 aromatic carbocycles. The van der Waals surface area contributed by atoms with Gasteiger partial charge >= 0.3 is 0 Å². The second-order valence-electron chi connectivity index (χ2n) is 13.8. The lowest BCUT2D eigenvalue weighted by molar-refractivity contribution is 1.41. The smallest absolute Gasteiger partial charge is 0.00262 e. The highest BCUT2D eigenvalue weighted by molar-refractivity contribution is 6.22. The van der Waals surface area contributed by atoms with E-state index in [1.807, 2.05) is 0 Å². The van der Waals surface area contributed by atoms with Gasteiger partial charge in [0.1, 0.15) is 0 Å². The summed E-state index contributed by atoms with van der Waals surface area (Å²) in [7, 11) is 0. The molecular weight excluding hydrogens is 601 g/mol. The molecule has 0 nitrogen and oxygen atoms in total. The molecular formula is C50H38. The van der Waals surface area contributed by atoms with Gasteiger partial charge in [0.15, 0.2) is 0 Å². The first-order valence-electron chi connectivity index (χ1n) is 17.6. The molecule has 0 spiro atoms. The van der Waals surface area contributed by atoms with Crippen LogP contribution in [0.1, 0.15) is 22.3 Å². The highest BCUT2D eigenvalue weighted by Crippen LogP contribution is 2.46. The van der Waals surface area contributed by atoms with Crippen molar-refractivity contribution in [2.75, 3.05) is 0 Å². The summed E-state index contributed by atoms with van der Waals surface area (Å²) in [5, 5.41) is 10.4. The van der Waals surface area contributed by atoms with E-state index in [1.165, 1.54) is 110 Å². The van der Waals surface area contributed by atoms with Gasteiger partial charge in [-0.2, -0.15) is 0 Å². The molecule has 50 heavy (non-hydrogen) atoms. The normalized spacial score (nSPS) is 11.6. The minimum Gasteiger partial charge on any atom is -0.0620 e. The summed E-state index contributed by atoms with van der Waals surface area (Å²) in [6, 6.07) is 58.5. The Morgan fingerprint density at radius 2 is 0.680 bits per heavy atom. The van der Waals surface area contributed by atoms with Gasteiger partial charge in [-0.05, 0) is 144 Å². The Morgan fingerprint density at radius 1 is 0.260 bits per heavy atom. The molecule has 0 bridgehead atoms. The molecule has 238 valence electrons. The van der Waals surface area contributed by atoms with Gasteiger partial charge < -0.3 is 0 Å². The minimum atomic E-state index is 1.25. The van der Waals surface area contributed by atoms with Crippen molar-refractivity contribution >= 4 is 43.1 Å². The van der Waals surface area contributed by atoms with Crippen molar-refractivity contribution in [3.8, 4) is 44.5 Å². The SMILES string of the molecule is Cc1ccccc1-c1cc(-c2c3ccccc3c(-c3ccc(-c4c(C)c5ccccc5c5ccccc45)c(C)c3)c3ccccc23)ccc1C. The molecule has 9 aromatic rings. The van der Waals surface area contributed by atoms with Crippen LogP contribution in [0.25, 0.3) is 87.6 Å². The molecule has 0 heterocycles. The maximum atomic E-state index is 2.41. The molecule has 0 amide bonds. The van der Waals surface area contributed by atoms with Crippen molar-refractivity contribution in [3.63, 3.8) is 0 Å². The van der Waals surface area contributed by atoms with Gasteiger partial charge in [-0.15, -0.1) is 0 Å². The third-order valence-corrected chi connectivity index (χ3v) is 10.9. The average molecular weight is 639 g/mol. The largest absolute Gasteiger partial charge is 0.0620 e. The van der Waals surface area contributed by atoms with Crippen molar-refractivity contribution in [2.45, 2.75) is 27.7 Å². The van der Waals surface area contributed by atoms with Crippen molar-refractivity contribution in [1.82, 2.24) is 0 Å². The van der Waals surface area contributed by atoms with E-state index in [0.717, 1.165) is 0 Å². The highest BCUT2D eigenvalue weighted by Gasteiger charge is 2.20. The lowest BCUT2D eigenvalue weighted by Gasteiger charge is -2.20. The fourth-order valence-corrected chi connectivity index (χ4v) is 8.46. The topological polar surface area (TPSA) is 0 Å². The van der Waals surface area contributed by atoms with E-state index in [4.69, 9.17) is 0 Å². The Labute approximate surface area is 294 Å². The van der Waals surface area contributed by atoms with Crippen molar-refractivity contribution < 1.29 is 0 Å². The number of benzene rings is 9. The molecule has 0 saturated carbocycles. The lowest BCUT2D eigenvalue weighted by Crippen LogP contribution is -1.95. The van der Waals surface area contributed by atoms with Crippen LogP contribution in [0.5, 0.6) is 0 Å². The van der Waals surface area contributed by atoms with Crippen LogP contribution in [0.15, 0.2) is 158 Å². The standard InChI is InChI=1S/C50H38/c1-31-15-5-6-16-37(31)47-30-36(26-25-32(47)2)50-45-23-13-11-21-43(45)49(44-22-12-14-24-46(44)50)35-27-28-38(33(3)29-35)48-34(4)39-17-7-8-18-40(39)41-19-9-10-20-42(41)48/h5-30H,1-4H3. The zero-order chi connectivity index (χ0) is 33.9. The van der Waals surface area contributed by atoms with E-state index in [9.17, 15) is 0 Å². The molecule has 0 aromatic heterocycles. The van der Waals surface area contributed by atoms with Crippen LogP contribution < -0.4 is 0 Å². The van der Waals surface area contributed by atoms with Crippen LogP contribution >= 0.6 is 0 Å². The van der Waals surface area contributed by atoms with Crippen LogP contribution in [-0.4, -0.2) is 0 Å². The first-order valence-corrected chi connectivity index (χ1v) is 17.6. The van der Waals surface area contributed by atoms with Crippen LogP contribution in [0.4, 0.5) is 0 Å². The molecule has 0 heteroatoms. The predicted octanol–water partition coefficient (Wildman–Crippen LogP) is 14.2. The molecule has 0 N–H and O–H groups in total. The Bertz CT molecular complexity index is 2740. The number of hydrogen-bond acceptors (Lipinski definition) is 0. The van der Waals surface area contributed by atoms with Crippen LogP contribution in [-0.2, 0) is 0 Å². The van der Waals surface area contributed by atoms with E-state index in [1.54, 1.807) is 0 Å². The molecule has 0 aliphatic carbocycles. The van der Waals surface area contributed by atoms with Crippen molar-refractivity contribution in [2.24, 2.45) is 0 Å². The molecule has 0 aliphatic rings. The Kier molecular flexibility index (Phi) is 7.14. The van der Waals surface area contributed by atoms with E-state index in [2.05, 4.69) is 185 Å². The lowest BCUT2D eigenvalue weighted by atomic mass is 9.83. The molecule has 0 atom stereocenters. The summed E-state index contributed by atoms with van der Waals surface area (Å²) in [4.78, 5) is 0. The van der Waals surface area contributed by atoms with E-state index >= 15 is 0 Å². The van der Waals surface area contributed by atoms with Gasteiger partial charge in [0.05, 0.1) is 0 Å². The molecule has 0 saturated heterocycles. The Balaban J connectivity index is 1.28. The maximum Gasteiger partial charge on any atom is -0.00262 e. The third-order valence-electron chi connectivity index (χ3n) is 10.9. The highest BCUT2D eigenvalue weighted by atomic mass is 14.2. The fourth-order valence-electron chi connectivity index (χ4n) is 8.46. The van der Waals surface area contributed by atoms with Gasteiger partial charge in [-0.1, -0.05) is 152 Å². The van der Waals surface area contributed by atoms with Crippen molar-refractivity contribution in [3.05, 3.63) is 180 Å². The molecule has 0 radical (unpaired) electrons. The van der Waals surface area contributed by atoms with Crippen LogP contribution in [0, 0.1) is 27.7 Å². The molecule has 0 unspecified atom stereocenters. The molecule has 9 rings (SSSR count). The first-order chi connectivity index (χ1) is 24.5. The van der Waals surface area contributed by atoms with Gasteiger partial charge in [-0.25, -0.2) is 0 Å². The second-order valence-corrected chi connectivity index (χ2v) is 13.8. The predicted molar refractivity (Wildman–Crippen MR) is 217 cm³/mol. The summed E-state index contributed by atoms with van der Waals surface area (Å²) in [5.41, 5.74) is 15.5. The number of rotatable bonds is 4. The summed E-state index contributed by atoms with van der Waals surface area (Å²) in [6.45, 7) is 8.99. The second kappa shape index (κ2) is 11.9. The van der Waals surface area contributed by atoms with Gasteiger partial charge in [0.25, 0.3) is 0 Å². The quantitative estimate of drug-likeness (QED) is 0.133. The molecule has 0 aliphatic heterocycles. The summed E-state index contributed by atoms with van der Waals surface area (Å²) in [6.07, 6.45) is 0. The van der Waals surface area contributed by atoms with E-state index < -0.39 is 0 Å². The van der Waals surface area contributed by atoms with Crippen LogP contribution in [0.3, 0.4) is 0 Å². The third kappa shape index (κ3) is 4.67. The summed E-state index contributed by atoms with van der Waals surface area (Å²) >= 11 is 0. The summed E-state index contributed by atoms with van der Waals surface area (Å²) in [5.74, 6) is 0. The number of fused-ring (bicyclic) bond motifs is 5. The Hall–Kier alpha value is -5.98. The first kappa shape index (κ1) is 30.1. The number of hydrogen-bond donors (Lipinski definition) is 0. The van der Waals surface area contributed by atoms with E-state index in [0.29, 0.717) is 0 Å². The van der Waals surface area contributed by atoms with E-state index in [-0.39, 0.29) is 0 Å². The zero-order valence-corrected chi connectivity index (χ0v) is 29.0. The maximum absolute atomic E-state index is 2.41. The molecule has 0 fully saturated rings. The van der Waals surface area contributed by atoms with Gasteiger partial charge in [0.2, 0.25) is 0 Å². The van der Waals surface area contributed by atoms with Crippen LogP contribution in [0.2, 0.25) is 0 Å². The zero-order valence-electron chi connectivity index (χ0n) is 29.0. The minimum absolute atomic E-state index is 1.25. The monoisotopic (exact) mass is 638 g/mol.